The Morgan fingerprint density at radius 2 is 1.95 bits per heavy atom. The van der Waals surface area contributed by atoms with Crippen molar-refractivity contribution in [1.82, 2.24) is 0 Å². The number of benzene rings is 1. The zero-order chi connectivity index (χ0) is 14.8. The summed E-state index contributed by atoms with van der Waals surface area (Å²) < 4.78 is 48.0. The number of carbonyl (C=O) groups is 1. The van der Waals surface area contributed by atoms with Crippen LogP contribution in [0.5, 0.6) is 5.75 Å². The van der Waals surface area contributed by atoms with Crippen molar-refractivity contribution in [3.8, 4) is 5.75 Å². The fourth-order valence-electron chi connectivity index (χ4n) is 2.22. The molecule has 0 bridgehead atoms. The Bertz CT molecular complexity index is 490. The maximum atomic E-state index is 12.6. The predicted octanol–water partition coefficient (Wildman–Crippen LogP) is 3.10. The summed E-state index contributed by atoms with van der Waals surface area (Å²) in [5.74, 6) is 0.157. The van der Waals surface area contributed by atoms with Gasteiger partial charge in [0.1, 0.15) is 18.0 Å². The number of rotatable bonds is 3. The summed E-state index contributed by atoms with van der Waals surface area (Å²) in [5.41, 5.74) is 4.16. The van der Waals surface area contributed by atoms with E-state index in [1.165, 1.54) is 12.1 Å². The van der Waals surface area contributed by atoms with Crippen LogP contribution in [-0.4, -0.2) is 18.3 Å². The van der Waals surface area contributed by atoms with Crippen molar-refractivity contribution in [2.24, 2.45) is 5.73 Å². The molecule has 2 N–H and O–H groups in total. The van der Waals surface area contributed by atoms with Crippen molar-refractivity contribution >= 4 is 6.09 Å². The van der Waals surface area contributed by atoms with Crippen molar-refractivity contribution in [1.29, 1.82) is 0 Å². The van der Waals surface area contributed by atoms with Crippen LogP contribution in [0.15, 0.2) is 24.3 Å². The van der Waals surface area contributed by atoms with Crippen LogP contribution in [0.4, 0.5) is 18.0 Å². The molecule has 1 aromatic carbocycles. The number of amides is 1. The topological polar surface area (TPSA) is 61.6 Å². The minimum Gasteiger partial charge on any atom is -0.490 e. The summed E-state index contributed by atoms with van der Waals surface area (Å²) >= 11 is 0. The fraction of sp³-hybridized carbons (Fsp3) is 0.462. The van der Waals surface area contributed by atoms with E-state index in [0.29, 0.717) is 19.3 Å². The summed E-state index contributed by atoms with van der Waals surface area (Å²) in [5, 5.41) is 0. The normalized spacial score (nSPS) is 22.6. The van der Waals surface area contributed by atoms with Crippen LogP contribution in [-0.2, 0) is 10.9 Å². The molecule has 0 radical (unpaired) electrons. The Kier molecular flexibility index (Phi) is 4.06. The van der Waals surface area contributed by atoms with Crippen molar-refractivity contribution < 1.29 is 27.4 Å². The van der Waals surface area contributed by atoms with Gasteiger partial charge in [0.05, 0.1) is 5.56 Å². The number of alkyl halides is 3. The first-order valence-electron chi connectivity index (χ1n) is 6.14. The van der Waals surface area contributed by atoms with Gasteiger partial charge in [-0.05, 0) is 31.0 Å². The minimum absolute atomic E-state index is 0.157. The highest BCUT2D eigenvalue weighted by Crippen LogP contribution is 2.33. The second-order valence-corrected chi connectivity index (χ2v) is 4.64. The Morgan fingerprint density at radius 1 is 1.25 bits per heavy atom. The quantitative estimate of drug-likeness (QED) is 0.930. The summed E-state index contributed by atoms with van der Waals surface area (Å²) in [7, 11) is 0. The van der Waals surface area contributed by atoms with Gasteiger partial charge in [-0.25, -0.2) is 4.79 Å². The standard InChI is InChI=1S/C13H14F3NO3/c14-13(15,16)8-2-1-3-9(6-8)19-10-4-5-11(7-10)20-12(17)18/h1-3,6,10-11H,4-5,7H2,(H2,17,18). The molecule has 1 amide bonds. The van der Waals surface area contributed by atoms with Gasteiger partial charge in [0.2, 0.25) is 0 Å². The number of ether oxygens (including phenoxy) is 2. The number of carbonyl (C=O) groups excluding carboxylic acids is 1. The van der Waals surface area contributed by atoms with Gasteiger partial charge in [0, 0.05) is 6.42 Å². The zero-order valence-corrected chi connectivity index (χ0v) is 10.5. The Hall–Kier alpha value is -1.92. The molecule has 1 saturated carbocycles. The predicted molar refractivity (Wildman–Crippen MR) is 64.2 cm³/mol. The largest absolute Gasteiger partial charge is 0.490 e. The molecular formula is C13H14F3NO3. The van der Waals surface area contributed by atoms with E-state index in [-0.39, 0.29) is 18.0 Å². The van der Waals surface area contributed by atoms with E-state index >= 15 is 0 Å². The highest BCUT2D eigenvalue weighted by molar-refractivity contribution is 5.64. The average Bonchev–Trinajstić information content (AvgIpc) is 2.75. The lowest BCUT2D eigenvalue weighted by molar-refractivity contribution is -0.137. The van der Waals surface area contributed by atoms with E-state index in [0.717, 1.165) is 12.1 Å². The van der Waals surface area contributed by atoms with Crippen LogP contribution >= 0.6 is 0 Å². The van der Waals surface area contributed by atoms with Crippen LogP contribution in [0.3, 0.4) is 0 Å². The molecule has 7 heteroatoms. The molecule has 110 valence electrons. The van der Waals surface area contributed by atoms with Gasteiger partial charge in [-0.3, -0.25) is 0 Å². The van der Waals surface area contributed by atoms with Crippen molar-refractivity contribution in [2.75, 3.05) is 0 Å². The third-order valence-corrected chi connectivity index (χ3v) is 3.08. The van der Waals surface area contributed by atoms with Gasteiger partial charge < -0.3 is 15.2 Å². The summed E-state index contributed by atoms with van der Waals surface area (Å²) in [6, 6.07) is 4.71. The molecule has 0 saturated heterocycles. The molecule has 2 rings (SSSR count). The lowest BCUT2D eigenvalue weighted by atomic mass is 10.2. The average molecular weight is 289 g/mol. The van der Waals surface area contributed by atoms with Crippen LogP contribution < -0.4 is 10.5 Å². The molecule has 1 aliphatic carbocycles. The smallest absolute Gasteiger partial charge is 0.416 e. The monoisotopic (exact) mass is 289 g/mol. The molecule has 1 aliphatic rings. The molecule has 0 aliphatic heterocycles. The van der Waals surface area contributed by atoms with E-state index in [2.05, 4.69) is 0 Å². The molecular weight excluding hydrogens is 275 g/mol. The van der Waals surface area contributed by atoms with Crippen LogP contribution in [0.25, 0.3) is 0 Å². The Balaban J connectivity index is 1.96. The lowest BCUT2D eigenvalue weighted by Crippen LogP contribution is -2.22. The number of halogens is 3. The minimum atomic E-state index is -4.40. The van der Waals surface area contributed by atoms with E-state index in [4.69, 9.17) is 15.2 Å². The van der Waals surface area contributed by atoms with Crippen molar-refractivity contribution in [3.05, 3.63) is 29.8 Å². The summed E-state index contributed by atoms with van der Waals surface area (Å²) in [6.07, 6.45) is -4.23. The van der Waals surface area contributed by atoms with Crippen LogP contribution in [0, 0.1) is 0 Å². The molecule has 2 unspecified atom stereocenters. The van der Waals surface area contributed by atoms with Gasteiger partial charge in [-0.2, -0.15) is 13.2 Å². The second-order valence-electron chi connectivity index (χ2n) is 4.64. The third-order valence-electron chi connectivity index (χ3n) is 3.08. The first kappa shape index (κ1) is 14.5. The maximum absolute atomic E-state index is 12.6. The Labute approximate surface area is 113 Å². The molecule has 2 atom stereocenters. The highest BCUT2D eigenvalue weighted by Gasteiger charge is 2.32. The first-order valence-corrected chi connectivity index (χ1v) is 6.14. The second kappa shape index (κ2) is 5.60. The molecule has 0 aromatic heterocycles. The third kappa shape index (κ3) is 3.79. The van der Waals surface area contributed by atoms with Gasteiger partial charge in [-0.15, -0.1) is 0 Å². The van der Waals surface area contributed by atoms with E-state index in [9.17, 15) is 18.0 Å². The van der Waals surface area contributed by atoms with Gasteiger partial charge in [0.15, 0.2) is 0 Å². The number of hydrogen-bond acceptors (Lipinski definition) is 3. The molecule has 20 heavy (non-hydrogen) atoms. The fourth-order valence-corrected chi connectivity index (χ4v) is 2.22. The molecule has 1 fully saturated rings. The van der Waals surface area contributed by atoms with Gasteiger partial charge in [0.25, 0.3) is 0 Å². The van der Waals surface area contributed by atoms with E-state index in [1.54, 1.807) is 0 Å². The number of primary amides is 1. The highest BCUT2D eigenvalue weighted by atomic mass is 19.4. The molecule has 4 nitrogen and oxygen atoms in total. The van der Waals surface area contributed by atoms with Crippen molar-refractivity contribution in [2.45, 2.75) is 37.6 Å². The van der Waals surface area contributed by atoms with Crippen LogP contribution in [0.1, 0.15) is 24.8 Å². The zero-order valence-electron chi connectivity index (χ0n) is 10.5. The number of hydrogen-bond donors (Lipinski definition) is 1. The summed E-state index contributed by atoms with van der Waals surface area (Å²) in [4.78, 5) is 10.6. The Morgan fingerprint density at radius 3 is 2.60 bits per heavy atom. The molecule has 0 spiro atoms. The van der Waals surface area contributed by atoms with Gasteiger partial charge in [-0.1, -0.05) is 6.07 Å². The van der Waals surface area contributed by atoms with Crippen LogP contribution in [0.2, 0.25) is 0 Å². The van der Waals surface area contributed by atoms with E-state index < -0.39 is 17.8 Å². The van der Waals surface area contributed by atoms with Gasteiger partial charge >= 0.3 is 12.3 Å². The molecule has 1 aromatic rings. The van der Waals surface area contributed by atoms with Crippen molar-refractivity contribution in [3.63, 3.8) is 0 Å². The molecule has 0 heterocycles. The maximum Gasteiger partial charge on any atom is 0.416 e. The number of nitrogens with two attached hydrogens (primary N) is 1. The van der Waals surface area contributed by atoms with E-state index in [1.807, 2.05) is 0 Å². The lowest BCUT2D eigenvalue weighted by Gasteiger charge is -2.15. The summed E-state index contributed by atoms with van der Waals surface area (Å²) in [6.45, 7) is 0. The first-order chi connectivity index (χ1) is 9.34. The SMILES string of the molecule is NC(=O)OC1CCC(Oc2cccc(C(F)(F)F)c2)C1.